The summed E-state index contributed by atoms with van der Waals surface area (Å²) < 4.78 is 12.3. The molecule has 2 heterocycles. The quantitative estimate of drug-likeness (QED) is 0.836. The lowest BCUT2D eigenvalue weighted by Crippen LogP contribution is -2.31. The zero-order valence-electron chi connectivity index (χ0n) is 13.5. The Morgan fingerprint density at radius 1 is 1.43 bits per heavy atom. The number of nitrogens with one attached hydrogen (secondary N) is 1. The van der Waals surface area contributed by atoms with Gasteiger partial charge >= 0.3 is 0 Å². The molecule has 0 aliphatic carbocycles. The molecule has 0 spiro atoms. The molecular formula is C16H21N3O4. The summed E-state index contributed by atoms with van der Waals surface area (Å²) >= 11 is 0. The molecule has 2 aromatic rings. The smallest absolute Gasteiger partial charge is 0.287 e. The van der Waals surface area contributed by atoms with Gasteiger partial charge in [-0.25, -0.2) is 4.98 Å². The number of amides is 1. The molecule has 7 heteroatoms. The van der Waals surface area contributed by atoms with E-state index in [0.29, 0.717) is 31.0 Å². The Balaban J connectivity index is 1.85. The summed E-state index contributed by atoms with van der Waals surface area (Å²) in [5.41, 5.74) is 0.458. The lowest BCUT2D eigenvalue weighted by Gasteiger charge is -2.07. The first kappa shape index (κ1) is 17.0. The largest absolute Gasteiger partial charge is 0.453 e. The predicted molar refractivity (Wildman–Crippen MR) is 84.2 cm³/mol. The van der Waals surface area contributed by atoms with Crippen LogP contribution >= 0.6 is 0 Å². The van der Waals surface area contributed by atoms with Crippen LogP contribution in [-0.2, 0) is 17.9 Å². The van der Waals surface area contributed by atoms with Crippen molar-refractivity contribution in [2.24, 2.45) is 0 Å². The van der Waals surface area contributed by atoms with Crippen molar-refractivity contribution in [3.8, 4) is 0 Å². The molecular weight excluding hydrogens is 298 g/mol. The third kappa shape index (κ3) is 4.79. The Kier molecular flexibility index (Phi) is 5.70. The number of carbonyl (C=O) groups excluding carboxylic acids is 1. The average Bonchev–Trinajstić information content (AvgIpc) is 2.98. The maximum absolute atomic E-state index is 12.0. The van der Waals surface area contributed by atoms with Gasteiger partial charge in [-0.1, -0.05) is 0 Å². The summed E-state index contributed by atoms with van der Waals surface area (Å²) in [5, 5.41) is 2.71. The third-order valence-corrected chi connectivity index (χ3v) is 3.16. The van der Waals surface area contributed by atoms with Gasteiger partial charge in [0.1, 0.15) is 12.4 Å². The summed E-state index contributed by atoms with van der Waals surface area (Å²) in [6, 6.07) is 3.32. The Morgan fingerprint density at radius 2 is 2.22 bits per heavy atom. The van der Waals surface area contributed by atoms with E-state index in [-0.39, 0.29) is 23.3 Å². The maximum atomic E-state index is 12.0. The van der Waals surface area contributed by atoms with Crippen molar-refractivity contribution in [1.82, 2.24) is 14.9 Å². The fourth-order valence-electron chi connectivity index (χ4n) is 1.92. The van der Waals surface area contributed by atoms with Crippen LogP contribution in [0.5, 0.6) is 0 Å². The second kappa shape index (κ2) is 7.73. The zero-order valence-corrected chi connectivity index (χ0v) is 13.5. The molecule has 0 saturated heterocycles. The minimum absolute atomic E-state index is 0.0960. The van der Waals surface area contributed by atoms with Crippen molar-refractivity contribution in [3.63, 3.8) is 0 Å². The number of aromatic nitrogens is 2. The van der Waals surface area contributed by atoms with Crippen molar-refractivity contribution in [2.75, 3.05) is 6.54 Å². The van der Waals surface area contributed by atoms with E-state index in [1.807, 2.05) is 13.8 Å². The van der Waals surface area contributed by atoms with Gasteiger partial charge in [-0.2, -0.15) is 0 Å². The summed E-state index contributed by atoms with van der Waals surface area (Å²) in [6.07, 6.45) is 3.06. The molecule has 0 aliphatic heterocycles. The molecule has 1 amide bonds. The van der Waals surface area contributed by atoms with Crippen molar-refractivity contribution >= 4 is 5.91 Å². The fourth-order valence-corrected chi connectivity index (χ4v) is 1.92. The van der Waals surface area contributed by atoms with E-state index >= 15 is 0 Å². The van der Waals surface area contributed by atoms with E-state index in [1.54, 1.807) is 19.1 Å². The zero-order chi connectivity index (χ0) is 16.8. The molecule has 0 aromatic carbocycles. The van der Waals surface area contributed by atoms with Crippen LogP contribution in [0.4, 0.5) is 0 Å². The number of nitrogens with zero attached hydrogens (tertiary/aromatic N) is 2. The van der Waals surface area contributed by atoms with Gasteiger partial charge in [0.2, 0.25) is 0 Å². The molecule has 124 valence electrons. The monoisotopic (exact) mass is 319 g/mol. The van der Waals surface area contributed by atoms with Crippen LogP contribution in [0.15, 0.2) is 33.9 Å². The number of hydrogen-bond donors (Lipinski definition) is 1. The highest BCUT2D eigenvalue weighted by molar-refractivity contribution is 5.91. The van der Waals surface area contributed by atoms with Crippen LogP contribution in [0.3, 0.4) is 0 Å². The van der Waals surface area contributed by atoms with Crippen LogP contribution in [0.1, 0.15) is 35.7 Å². The van der Waals surface area contributed by atoms with Gasteiger partial charge in [0.25, 0.3) is 11.5 Å². The van der Waals surface area contributed by atoms with E-state index in [4.69, 9.17) is 9.15 Å². The molecule has 2 aromatic heterocycles. The topological polar surface area (TPSA) is 86.4 Å². The van der Waals surface area contributed by atoms with Crippen LogP contribution < -0.4 is 10.9 Å². The van der Waals surface area contributed by atoms with E-state index in [0.717, 1.165) is 0 Å². The molecule has 0 fully saturated rings. The normalized spacial score (nSPS) is 11.0. The van der Waals surface area contributed by atoms with Gasteiger partial charge in [0.15, 0.2) is 5.76 Å². The second-order valence-electron chi connectivity index (χ2n) is 5.46. The SMILES string of the molecule is Cc1cncn(CCNC(=O)c2ccc(COC(C)C)o2)c1=O. The average molecular weight is 319 g/mol. The Morgan fingerprint density at radius 3 is 2.96 bits per heavy atom. The van der Waals surface area contributed by atoms with Crippen LogP contribution in [0.2, 0.25) is 0 Å². The minimum Gasteiger partial charge on any atom is -0.453 e. The number of carbonyl (C=O) groups is 1. The van der Waals surface area contributed by atoms with Crippen molar-refractivity contribution in [1.29, 1.82) is 0 Å². The number of furan rings is 1. The van der Waals surface area contributed by atoms with Gasteiger partial charge < -0.3 is 14.5 Å². The highest BCUT2D eigenvalue weighted by Gasteiger charge is 2.11. The summed E-state index contributed by atoms with van der Waals surface area (Å²) in [4.78, 5) is 27.8. The van der Waals surface area contributed by atoms with E-state index in [2.05, 4.69) is 10.3 Å². The Hall–Kier alpha value is -2.41. The first-order chi connectivity index (χ1) is 11.0. The van der Waals surface area contributed by atoms with Crippen molar-refractivity contribution < 1.29 is 13.9 Å². The second-order valence-corrected chi connectivity index (χ2v) is 5.46. The molecule has 2 rings (SSSR count). The maximum Gasteiger partial charge on any atom is 0.287 e. The number of rotatable bonds is 7. The third-order valence-electron chi connectivity index (χ3n) is 3.16. The molecule has 23 heavy (non-hydrogen) atoms. The Labute approximate surface area is 134 Å². The van der Waals surface area contributed by atoms with Crippen LogP contribution in [-0.4, -0.2) is 28.1 Å². The number of hydrogen-bond acceptors (Lipinski definition) is 5. The first-order valence-corrected chi connectivity index (χ1v) is 7.47. The first-order valence-electron chi connectivity index (χ1n) is 7.47. The van der Waals surface area contributed by atoms with Gasteiger partial charge in [0.05, 0.1) is 12.4 Å². The van der Waals surface area contributed by atoms with Gasteiger partial charge in [-0.3, -0.25) is 14.2 Å². The molecule has 1 N–H and O–H groups in total. The van der Waals surface area contributed by atoms with E-state index in [9.17, 15) is 9.59 Å². The highest BCUT2D eigenvalue weighted by atomic mass is 16.5. The predicted octanol–water partition coefficient (Wildman–Crippen LogP) is 1.50. The molecule has 0 radical (unpaired) electrons. The fraction of sp³-hybridized carbons (Fsp3) is 0.438. The van der Waals surface area contributed by atoms with Gasteiger partial charge in [-0.15, -0.1) is 0 Å². The summed E-state index contributed by atoms with van der Waals surface area (Å²) in [5.74, 6) is 0.500. The molecule has 0 bridgehead atoms. The summed E-state index contributed by atoms with van der Waals surface area (Å²) in [7, 11) is 0. The van der Waals surface area contributed by atoms with Crippen LogP contribution in [0.25, 0.3) is 0 Å². The Bertz CT molecular complexity index is 718. The van der Waals surface area contributed by atoms with E-state index < -0.39 is 0 Å². The molecule has 0 atom stereocenters. The summed E-state index contributed by atoms with van der Waals surface area (Å²) in [6.45, 7) is 6.55. The highest BCUT2D eigenvalue weighted by Crippen LogP contribution is 2.10. The molecule has 7 nitrogen and oxygen atoms in total. The van der Waals surface area contributed by atoms with Crippen molar-refractivity contribution in [3.05, 3.63) is 52.1 Å². The lowest BCUT2D eigenvalue weighted by molar-refractivity contribution is 0.0535. The molecule has 0 unspecified atom stereocenters. The number of ether oxygens (including phenoxy) is 1. The number of aryl methyl sites for hydroxylation is 1. The molecule has 0 saturated carbocycles. The minimum atomic E-state index is -0.325. The van der Waals surface area contributed by atoms with Crippen molar-refractivity contribution in [2.45, 2.75) is 40.0 Å². The lowest BCUT2D eigenvalue weighted by atomic mass is 10.4. The van der Waals surface area contributed by atoms with E-state index in [1.165, 1.54) is 17.1 Å². The standard InChI is InChI=1S/C16H21N3O4/c1-11(2)22-9-13-4-5-14(23-13)15(20)18-6-7-19-10-17-8-12(3)16(19)21/h4-5,8,10-11H,6-7,9H2,1-3H3,(H,18,20). The van der Waals surface area contributed by atoms with Crippen LogP contribution in [0, 0.1) is 6.92 Å². The van der Waals surface area contributed by atoms with Gasteiger partial charge in [-0.05, 0) is 32.9 Å². The van der Waals surface area contributed by atoms with Gasteiger partial charge in [0, 0.05) is 24.8 Å². The molecule has 0 aliphatic rings.